The van der Waals surface area contributed by atoms with E-state index in [-0.39, 0.29) is 11.4 Å². The van der Waals surface area contributed by atoms with Crippen molar-refractivity contribution in [1.29, 1.82) is 0 Å². The summed E-state index contributed by atoms with van der Waals surface area (Å²) in [6, 6.07) is 15.5. The topological polar surface area (TPSA) is 122 Å². The van der Waals surface area contributed by atoms with E-state index in [0.717, 1.165) is 11.8 Å². The quantitative estimate of drug-likeness (QED) is 0.301. The summed E-state index contributed by atoms with van der Waals surface area (Å²) < 4.78 is 20.3. The van der Waals surface area contributed by atoms with Crippen LogP contribution >= 0.6 is 0 Å². The maximum absolute atomic E-state index is 14.6. The summed E-state index contributed by atoms with van der Waals surface area (Å²) in [5, 5.41) is 5.11. The van der Waals surface area contributed by atoms with Gasteiger partial charge in [-0.15, -0.1) is 0 Å². The Balaban J connectivity index is 1.42. The number of pyridine rings is 1. The fraction of sp³-hybridized carbons (Fsp3) is 0.0417. The standard InChI is InChI=1S/C24H20FN5O3/c25-20-10-18(33-19-6-7-27-23(11-19)22-9-16(14-31)13-28-22)4-5-21(20)30-24(32)29-17-3-1-2-15(8-17)12-26/h1-11,13-14,28H,12,26H2,(H2,29,30,32). The smallest absolute Gasteiger partial charge is 0.323 e. The number of urea groups is 1. The number of benzene rings is 2. The minimum atomic E-state index is -0.660. The van der Waals surface area contributed by atoms with Crippen LogP contribution in [0.1, 0.15) is 15.9 Å². The molecule has 4 rings (SSSR count). The predicted molar refractivity (Wildman–Crippen MR) is 123 cm³/mol. The zero-order valence-corrected chi connectivity index (χ0v) is 17.3. The van der Waals surface area contributed by atoms with Crippen LogP contribution in [-0.2, 0) is 6.54 Å². The van der Waals surface area contributed by atoms with Crippen LogP contribution in [0.2, 0.25) is 0 Å². The van der Waals surface area contributed by atoms with E-state index in [4.69, 9.17) is 10.5 Å². The van der Waals surface area contributed by atoms with Crippen LogP contribution < -0.4 is 21.1 Å². The Morgan fingerprint density at radius 3 is 2.70 bits per heavy atom. The number of nitrogens with zero attached hydrogens (tertiary/aromatic N) is 1. The summed E-state index contributed by atoms with van der Waals surface area (Å²) in [5.41, 5.74) is 8.72. The van der Waals surface area contributed by atoms with E-state index < -0.39 is 11.8 Å². The number of ether oxygens (including phenoxy) is 1. The lowest BCUT2D eigenvalue weighted by Crippen LogP contribution is -2.20. The molecule has 33 heavy (non-hydrogen) atoms. The molecule has 0 aliphatic rings. The molecule has 0 fully saturated rings. The van der Waals surface area contributed by atoms with Crippen molar-refractivity contribution in [1.82, 2.24) is 9.97 Å². The van der Waals surface area contributed by atoms with Crippen molar-refractivity contribution in [3.63, 3.8) is 0 Å². The van der Waals surface area contributed by atoms with Crippen molar-refractivity contribution in [2.45, 2.75) is 6.54 Å². The maximum Gasteiger partial charge on any atom is 0.323 e. The molecule has 0 spiro atoms. The van der Waals surface area contributed by atoms with Gasteiger partial charge in [-0.25, -0.2) is 9.18 Å². The van der Waals surface area contributed by atoms with E-state index >= 15 is 0 Å². The van der Waals surface area contributed by atoms with Crippen molar-refractivity contribution in [3.8, 4) is 22.9 Å². The fourth-order valence-corrected chi connectivity index (χ4v) is 3.11. The van der Waals surface area contributed by atoms with Gasteiger partial charge in [-0.1, -0.05) is 12.1 Å². The van der Waals surface area contributed by atoms with E-state index in [2.05, 4.69) is 20.6 Å². The first-order chi connectivity index (χ1) is 16.0. The third-order valence-electron chi connectivity index (χ3n) is 4.69. The molecule has 0 aliphatic carbocycles. The third-order valence-corrected chi connectivity index (χ3v) is 4.69. The molecule has 4 aromatic rings. The number of nitrogens with two attached hydrogens (primary N) is 1. The lowest BCUT2D eigenvalue weighted by Gasteiger charge is -2.11. The Morgan fingerprint density at radius 1 is 1.09 bits per heavy atom. The number of aldehydes is 1. The number of carbonyl (C=O) groups is 2. The SMILES string of the molecule is NCc1cccc(NC(=O)Nc2ccc(Oc3ccnc(-c4cc(C=O)c[nH]4)c3)cc2F)c1. The van der Waals surface area contributed by atoms with Gasteiger partial charge in [-0.2, -0.15) is 0 Å². The first-order valence-corrected chi connectivity index (χ1v) is 9.98. The summed E-state index contributed by atoms with van der Waals surface area (Å²) in [6.45, 7) is 0.344. The van der Waals surface area contributed by atoms with E-state index in [9.17, 15) is 14.0 Å². The monoisotopic (exact) mass is 445 g/mol. The summed E-state index contributed by atoms with van der Waals surface area (Å²) in [6.07, 6.45) is 3.85. The molecule has 0 saturated carbocycles. The highest BCUT2D eigenvalue weighted by Crippen LogP contribution is 2.28. The highest BCUT2D eigenvalue weighted by Gasteiger charge is 2.11. The summed E-state index contributed by atoms with van der Waals surface area (Å²) in [7, 11) is 0. The molecule has 5 N–H and O–H groups in total. The number of nitrogens with one attached hydrogen (secondary N) is 3. The number of rotatable bonds is 7. The number of H-pyrrole nitrogens is 1. The van der Waals surface area contributed by atoms with Crippen molar-refractivity contribution in [2.24, 2.45) is 5.73 Å². The highest BCUT2D eigenvalue weighted by atomic mass is 19.1. The summed E-state index contributed by atoms with van der Waals surface area (Å²) >= 11 is 0. The molecule has 2 aromatic heterocycles. The number of hydrogen-bond donors (Lipinski definition) is 4. The van der Waals surface area contributed by atoms with Gasteiger partial charge in [0.05, 0.1) is 17.1 Å². The average molecular weight is 445 g/mol. The first kappa shape index (κ1) is 21.7. The molecule has 0 atom stereocenters. The van der Waals surface area contributed by atoms with Crippen molar-refractivity contribution < 1.29 is 18.7 Å². The summed E-state index contributed by atoms with van der Waals surface area (Å²) in [4.78, 5) is 30.3. The molecule has 0 aliphatic heterocycles. The van der Waals surface area contributed by atoms with Crippen LogP contribution in [-0.4, -0.2) is 22.3 Å². The minimum absolute atomic E-state index is 0.00183. The van der Waals surface area contributed by atoms with E-state index in [1.165, 1.54) is 18.2 Å². The van der Waals surface area contributed by atoms with E-state index in [1.807, 2.05) is 6.07 Å². The second-order valence-electron chi connectivity index (χ2n) is 7.07. The molecule has 0 saturated heterocycles. The largest absolute Gasteiger partial charge is 0.457 e. The molecular weight excluding hydrogens is 425 g/mol. The number of aromatic nitrogens is 2. The molecule has 9 heteroatoms. The van der Waals surface area contributed by atoms with Gasteiger partial charge in [0.25, 0.3) is 0 Å². The second-order valence-corrected chi connectivity index (χ2v) is 7.07. The van der Waals surface area contributed by atoms with E-state index in [0.29, 0.717) is 34.9 Å². The van der Waals surface area contributed by atoms with Crippen LogP contribution in [0, 0.1) is 5.82 Å². The zero-order chi connectivity index (χ0) is 23.2. The molecule has 166 valence electrons. The van der Waals surface area contributed by atoms with Gasteiger partial charge in [0.15, 0.2) is 6.29 Å². The number of anilines is 2. The van der Waals surface area contributed by atoms with Gasteiger partial charge in [-0.05, 0) is 42.0 Å². The minimum Gasteiger partial charge on any atom is -0.457 e. The molecule has 0 unspecified atom stereocenters. The Hall–Kier alpha value is -4.50. The van der Waals surface area contributed by atoms with Gasteiger partial charge in [-0.3, -0.25) is 9.78 Å². The Kier molecular flexibility index (Phi) is 6.42. The molecule has 8 nitrogen and oxygen atoms in total. The molecule has 2 heterocycles. The lowest BCUT2D eigenvalue weighted by atomic mass is 10.2. The number of hydrogen-bond acceptors (Lipinski definition) is 5. The Labute approximate surface area is 188 Å². The molecule has 0 radical (unpaired) electrons. The van der Waals surface area contributed by atoms with Crippen molar-refractivity contribution >= 4 is 23.7 Å². The lowest BCUT2D eigenvalue weighted by molar-refractivity contribution is 0.112. The van der Waals surface area contributed by atoms with Crippen LogP contribution in [0.4, 0.5) is 20.6 Å². The van der Waals surface area contributed by atoms with Gasteiger partial charge in [0, 0.05) is 42.3 Å². The Bertz CT molecular complexity index is 1300. The summed E-state index contributed by atoms with van der Waals surface area (Å²) in [5.74, 6) is 0.0128. The van der Waals surface area contributed by atoms with Crippen LogP contribution in [0.3, 0.4) is 0 Å². The molecule has 0 bridgehead atoms. The fourth-order valence-electron chi connectivity index (χ4n) is 3.11. The normalized spacial score (nSPS) is 10.5. The molecule has 2 aromatic carbocycles. The van der Waals surface area contributed by atoms with Gasteiger partial charge in [0.1, 0.15) is 17.3 Å². The molecule has 2 amide bonds. The zero-order valence-electron chi connectivity index (χ0n) is 17.3. The third kappa shape index (κ3) is 5.41. The second kappa shape index (κ2) is 9.75. The number of aromatic amines is 1. The van der Waals surface area contributed by atoms with Gasteiger partial charge in [0.2, 0.25) is 0 Å². The number of amides is 2. The maximum atomic E-state index is 14.6. The van der Waals surface area contributed by atoms with Crippen LogP contribution in [0.25, 0.3) is 11.4 Å². The predicted octanol–water partition coefficient (Wildman–Crippen LogP) is 4.92. The van der Waals surface area contributed by atoms with Gasteiger partial charge >= 0.3 is 6.03 Å². The first-order valence-electron chi connectivity index (χ1n) is 9.98. The van der Waals surface area contributed by atoms with Crippen LogP contribution in [0.15, 0.2) is 73.1 Å². The van der Waals surface area contributed by atoms with Crippen molar-refractivity contribution in [3.05, 3.63) is 90.0 Å². The number of halogens is 1. The highest BCUT2D eigenvalue weighted by molar-refractivity contribution is 5.99. The average Bonchev–Trinajstić information content (AvgIpc) is 3.31. The van der Waals surface area contributed by atoms with Gasteiger partial charge < -0.3 is 26.1 Å². The number of carbonyl (C=O) groups excluding carboxylic acids is 2. The molecular formula is C24H20FN5O3. The van der Waals surface area contributed by atoms with Crippen molar-refractivity contribution in [2.75, 3.05) is 10.6 Å². The van der Waals surface area contributed by atoms with Crippen LogP contribution in [0.5, 0.6) is 11.5 Å². The Morgan fingerprint density at radius 2 is 1.94 bits per heavy atom. The van der Waals surface area contributed by atoms with E-state index in [1.54, 1.807) is 48.8 Å².